The predicted molar refractivity (Wildman–Crippen MR) is 90.5 cm³/mol. The minimum atomic E-state index is -0.113. The molecule has 2 N–H and O–H groups in total. The standard InChI is InChI=1S/C17H23N3OS/c1-10-2-7-14-13(8-10)15-16(18-9-19-17(15)22-14)20-11-3-5-12(21)6-4-11/h9-12,21H,2-8H2,1H3,(H,18,19,20)/t10?,11-,12-. The van der Waals surface area contributed by atoms with E-state index in [1.54, 1.807) is 6.33 Å². The molecule has 0 amide bonds. The molecule has 1 fully saturated rings. The number of nitrogens with zero attached hydrogens (tertiary/aromatic N) is 2. The summed E-state index contributed by atoms with van der Waals surface area (Å²) in [6.45, 7) is 2.34. The zero-order valence-electron chi connectivity index (χ0n) is 13.0. The molecule has 2 heterocycles. The van der Waals surface area contributed by atoms with Crippen molar-refractivity contribution < 1.29 is 5.11 Å². The van der Waals surface area contributed by atoms with Crippen molar-refractivity contribution in [3.8, 4) is 0 Å². The van der Waals surface area contributed by atoms with Crippen LogP contribution in [-0.4, -0.2) is 27.2 Å². The number of hydrogen-bond donors (Lipinski definition) is 2. The molecule has 2 aliphatic rings. The fourth-order valence-corrected chi connectivity index (χ4v) is 4.99. The van der Waals surface area contributed by atoms with Crippen LogP contribution in [0.2, 0.25) is 0 Å². The average Bonchev–Trinajstić information content (AvgIpc) is 2.88. The molecule has 0 aliphatic heterocycles. The Bertz CT molecular complexity index is 676. The average molecular weight is 317 g/mol. The summed E-state index contributed by atoms with van der Waals surface area (Å²) < 4.78 is 0. The van der Waals surface area contributed by atoms with Gasteiger partial charge in [-0.3, -0.25) is 0 Å². The third-order valence-electron chi connectivity index (χ3n) is 5.13. The van der Waals surface area contributed by atoms with Crippen LogP contribution in [0.15, 0.2) is 6.33 Å². The first kappa shape index (κ1) is 14.4. The van der Waals surface area contributed by atoms with Gasteiger partial charge in [0.15, 0.2) is 0 Å². The van der Waals surface area contributed by atoms with E-state index in [4.69, 9.17) is 0 Å². The van der Waals surface area contributed by atoms with Gasteiger partial charge < -0.3 is 10.4 Å². The molecule has 118 valence electrons. The van der Waals surface area contributed by atoms with E-state index in [1.165, 1.54) is 28.7 Å². The highest BCUT2D eigenvalue weighted by atomic mass is 32.1. The third kappa shape index (κ3) is 2.61. The lowest BCUT2D eigenvalue weighted by Crippen LogP contribution is -2.28. The van der Waals surface area contributed by atoms with Crippen LogP contribution >= 0.6 is 11.3 Å². The number of aliphatic hydroxyl groups is 1. The molecule has 2 aliphatic carbocycles. The smallest absolute Gasteiger partial charge is 0.138 e. The monoisotopic (exact) mass is 317 g/mol. The molecule has 22 heavy (non-hydrogen) atoms. The highest BCUT2D eigenvalue weighted by Crippen LogP contribution is 2.40. The van der Waals surface area contributed by atoms with Crippen LogP contribution < -0.4 is 5.32 Å². The van der Waals surface area contributed by atoms with Gasteiger partial charge in [0.05, 0.1) is 11.5 Å². The summed E-state index contributed by atoms with van der Waals surface area (Å²) in [6, 6.07) is 0.429. The number of rotatable bonds is 2. The van der Waals surface area contributed by atoms with Gasteiger partial charge in [0.2, 0.25) is 0 Å². The van der Waals surface area contributed by atoms with Crippen molar-refractivity contribution in [2.45, 2.75) is 64.0 Å². The van der Waals surface area contributed by atoms with Crippen LogP contribution in [-0.2, 0) is 12.8 Å². The molecule has 0 aromatic carbocycles. The minimum Gasteiger partial charge on any atom is -0.393 e. The molecule has 2 aromatic heterocycles. The van der Waals surface area contributed by atoms with Crippen molar-refractivity contribution in [2.75, 3.05) is 5.32 Å². The normalized spacial score (nSPS) is 28.5. The maximum absolute atomic E-state index is 9.67. The second-order valence-corrected chi connectivity index (χ2v) is 7.99. The summed E-state index contributed by atoms with van der Waals surface area (Å²) in [6.07, 6.45) is 9.04. The van der Waals surface area contributed by atoms with E-state index in [0.717, 1.165) is 48.7 Å². The zero-order valence-corrected chi connectivity index (χ0v) is 13.8. The maximum atomic E-state index is 9.67. The Morgan fingerprint density at radius 1 is 1.18 bits per heavy atom. The van der Waals surface area contributed by atoms with E-state index < -0.39 is 0 Å². The van der Waals surface area contributed by atoms with E-state index in [0.29, 0.717) is 6.04 Å². The number of nitrogens with one attached hydrogen (secondary N) is 1. The van der Waals surface area contributed by atoms with Crippen molar-refractivity contribution in [1.82, 2.24) is 9.97 Å². The van der Waals surface area contributed by atoms with Crippen molar-refractivity contribution in [3.63, 3.8) is 0 Å². The van der Waals surface area contributed by atoms with Gasteiger partial charge in [-0.15, -0.1) is 11.3 Å². The Kier molecular flexibility index (Phi) is 3.78. The molecule has 0 radical (unpaired) electrons. The maximum Gasteiger partial charge on any atom is 0.138 e. The fraction of sp³-hybridized carbons (Fsp3) is 0.647. The molecule has 0 saturated heterocycles. The summed E-state index contributed by atoms with van der Waals surface area (Å²) in [4.78, 5) is 11.7. The molecule has 4 rings (SSSR count). The third-order valence-corrected chi connectivity index (χ3v) is 6.32. The summed E-state index contributed by atoms with van der Waals surface area (Å²) in [5, 5.41) is 14.6. The van der Waals surface area contributed by atoms with E-state index in [2.05, 4.69) is 22.2 Å². The summed E-state index contributed by atoms with van der Waals surface area (Å²) in [5.74, 6) is 1.76. The number of aromatic nitrogens is 2. The molecule has 0 spiro atoms. The molecular formula is C17H23N3OS. The van der Waals surface area contributed by atoms with Gasteiger partial charge in [-0.1, -0.05) is 6.92 Å². The van der Waals surface area contributed by atoms with Crippen LogP contribution in [0.1, 0.15) is 49.5 Å². The van der Waals surface area contributed by atoms with E-state index in [-0.39, 0.29) is 6.10 Å². The van der Waals surface area contributed by atoms with E-state index in [1.807, 2.05) is 11.3 Å². The van der Waals surface area contributed by atoms with Gasteiger partial charge in [-0.25, -0.2) is 9.97 Å². The quantitative estimate of drug-likeness (QED) is 0.889. The molecule has 0 bridgehead atoms. The molecular weight excluding hydrogens is 294 g/mol. The first-order valence-corrected chi connectivity index (χ1v) is 9.22. The minimum absolute atomic E-state index is 0.113. The van der Waals surface area contributed by atoms with Gasteiger partial charge in [-0.05, 0) is 56.4 Å². The molecule has 2 aromatic rings. The van der Waals surface area contributed by atoms with Crippen LogP contribution in [0.5, 0.6) is 0 Å². The Labute approximate surface area is 135 Å². The number of fused-ring (bicyclic) bond motifs is 3. The molecule has 1 atom stereocenters. The second-order valence-electron chi connectivity index (χ2n) is 6.90. The molecule has 1 saturated carbocycles. The van der Waals surface area contributed by atoms with Crippen LogP contribution in [0, 0.1) is 5.92 Å². The lowest BCUT2D eigenvalue weighted by Gasteiger charge is -2.27. The first-order chi connectivity index (χ1) is 10.7. The van der Waals surface area contributed by atoms with E-state index in [9.17, 15) is 5.11 Å². The topological polar surface area (TPSA) is 58.0 Å². The number of anilines is 1. The molecule has 5 heteroatoms. The van der Waals surface area contributed by atoms with Gasteiger partial charge in [0.25, 0.3) is 0 Å². The molecule has 1 unspecified atom stereocenters. The fourth-order valence-electron chi connectivity index (χ4n) is 3.81. The SMILES string of the molecule is CC1CCc2sc3ncnc(N[C@H]4CC[C@H](O)CC4)c3c2C1. The van der Waals surface area contributed by atoms with E-state index >= 15 is 0 Å². The van der Waals surface area contributed by atoms with Gasteiger partial charge in [-0.2, -0.15) is 0 Å². The Morgan fingerprint density at radius 2 is 2.00 bits per heavy atom. The lowest BCUT2D eigenvalue weighted by atomic mass is 9.88. The largest absolute Gasteiger partial charge is 0.393 e. The van der Waals surface area contributed by atoms with Crippen molar-refractivity contribution in [2.24, 2.45) is 5.92 Å². The number of aliphatic hydroxyl groups excluding tert-OH is 1. The van der Waals surface area contributed by atoms with Crippen LogP contribution in [0.25, 0.3) is 10.2 Å². The highest BCUT2D eigenvalue weighted by Gasteiger charge is 2.25. The Hall–Kier alpha value is -1.20. The van der Waals surface area contributed by atoms with Crippen molar-refractivity contribution in [3.05, 3.63) is 16.8 Å². The summed E-state index contributed by atoms with van der Waals surface area (Å²) >= 11 is 1.85. The van der Waals surface area contributed by atoms with Crippen LogP contribution in [0.3, 0.4) is 0 Å². The Balaban J connectivity index is 1.67. The molecule has 4 nitrogen and oxygen atoms in total. The predicted octanol–water partition coefficient (Wildman–Crippen LogP) is 3.53. The Morgan fingerprint density at radius 3 is 2.82 bits per heavy atom. The second kappa shape index (κ2) is 5.78. The summed E-state index contributed by atoms with van der Waals surface area (Å²) in [5.41, 5.74) is 1.48. The van der Waals surface area contributed by atoms with Gasteiger partial charge in [0.1, 0.15) is 17.0 Å². The first-order valence-electron chi connectivity index (χ1n) is 8.40. The van der Waals surface area contributed by atoms with Crippen LogP contribution in [0.4, 0.5) is 5.82 Å². The van der Waals surface area contributed by atoms with Crippen molar-refractivity contribution in [1.29, 1.82) is 0 Å². The van der Waals surface area contributed by atoms with Gasteiger partial charge >= 0.3 is 0 Å². The highest BCUT2D eigenvalue weighted by molar-refractivity contribution is 7.19. The number of thiophene rings is 1. The number of aryl methyl sites for hydroxylation is 1. The van der Waals surface area contributed by atoms with Crippen molar-refractivity contribution >= 4 is 27.4 Å². The lowest BCUT2D eigenvalue weighted by molar-refractivity contribution is 0.126. The van der Waals surface area contributed by atoms with Gasteiger partial charge in [0, 0.05) is 10.9 Å². The number of hydrogen-bond acceptors (Lipinski definition) is 5. The summed E-state index contributed by atoms with van der Waals surface area (Å²) in [7, 11) is 0. The zero-order chi connectivity index (χ0) is 15.1.